The maximum atomic E-state index is 5.83. The minimum Gasteiger partial charge on any atom is -0.399 e. The SMILES string of the molecule is Cc1cscc1CNc1ncnc2ccc(N)cc12. The maximum Gasteiger partial charge on any atom is 0.137 e. The first-order chi connectivity index (χ1) is 9.24. The van der Waals surface area contributed by atoms with Gasteiger partial charge in [0.05, 0.1) is 5.52 Å². The lowest BCUT2D eigenvalue weighted by atomic mass is 10.2. The van der Waals surface area contributed by atoms with Crippen LogP contribution in [0.4, 0.5) is 11.5 Å². The molecule has 5 heteroatoms. The Morgan fingerprint density at radius 2 is 2.16 bits per heavy atom. The van der Waals surface area contributed by atoms with Gasteiger partial charge in [-0.3, -0.25) is 0 Å². The standard InChI is InChI=1S/C14H14N4S/c1-9-6-19-7-10(9)5-16-14-12-4-11(15)2-3-13(12)17-8-18-14/h2-4,6-8H,5,15H2,1H3,(H,16,17,18). The van der Waals surface area contributed by atoms with E-state index in [4.69, 9.17) is 5.73 Å². The summed E-state index contributed by atoms with van der Waals surface area (Å²) in [5.41, 5.74) is 10.0. The summed E-state index contributed by atoms with van der Waals surface area (Å²) in [5.74, 6) is 0.822. The molecule has 0 atom stereocenters. The van der Waals surface area contributed by atoms with Gasteiger partial charge in [0.15, 0.2) is 0 Å². The van der Waals surface area contributed by atoms with E-state index >= 15 is 0 Å². The van der Waals surface area contributed by atoms with Crippen molar-refractivity contribution in [3.8, 4) is 0 Å². The molecule has 3 aromatic rings. The average Bonchev–Trinajstić information content (AvgIpc) is 2.82. The topological polar surface area (TPSA) is 63.8 Å². The zero-order valence-corrected chi connectivity index (χ0v) is 11.4. The number of nitrogens with two attached hydrogens (primary N) is 1. The highest BCUT2D eigenvalue weighted by Crippen LogP contribution is 2.23. The summed E-state index contributed by atoms with van der Waals surface area (Å²) >= 11 is 1.71. The van der Waals surface area contributed by atoms with Crippen LogP contribution < -0.4 is 11.1 Å². The van der Waals surface area contributed by atoms with Crippen molar-refractivity contribution in [2.75, 3.05) is 11.1 Å². The number of aromatic nitrogens is 2. The Morgan fingerprint density at radius 3 is 2.95 bits per heavy atom. The number of rotatable bonds is 3. The fourth-order valence-electron chi connectivity index (χ4n) is 1.96. The van der Waals surface area contributed by atoms with Crippen LogP contribution in [-0.4, -0.2) is 9.97 Å². The molecule has 0 fully saturated rings. The van der Waals surface area contributed by atoms with Crippen molar-refractivity contribution in [3.63, 3.8) is 0 Å². The molecule has 0 aliphatic rings. The lowest BCUT2D eigenvalue weighted by Crippen LogP contribution is -2.03. The summed E-state index contributed by atoms with van der Waals surface area (Å²) < 4.78 is 0. The van der Waals surface area contributed by atoms with Crippen LogP contribution in [0.5, 0.6) is 0 Å². The summed E-state index contributed by atoms with van der Waals surface area (Å²) in [4.78, 5) is 8.54. The summed E-state index contributed by atoms with van der Waals surface area (Å²) in [6.07, 6.45) is 1.57. The number of hydrogen-bond donors (Lipinski definition) is 2. The molecule has 3 rings (SSSR count). The van der Waals surface area contributed by atoms with Gasteiger partial charge in [0.1, 0.15) is 12.1 Å². The molecule has 0 unspecified atom stereocenters. The van der Waals surface area contributed by atoms with Gasteiger partial charge >= 0.3 is 0 Å². The molecule has 3 N–H and O–H groups in total. The second-order valence-electron chi connectivity index (χ2n) is 4.43. The lowest BCUT2D eigenvalue weighted by Gasteiger charge is -2.08. The highest BCUT2D eigenvalue weighted by Gasteiger charge is 2.05. The van der Waals surface area contributed by atoms with Gasteiger partial charge in [0.25, 0.3) is 0 Å². The van der Waals surface area contributed by atoms with Crippen molar-refractivity contribution in [3.05, 3.63) is 46.4 Å². The van der Waals surface area contributed by atoms with Crippen molar-refractivity contribution in [1.82, 2.24) is 9.97 Å². The molecule has 0 saturated heterocycles. The molecule has 96 valence electrons. The Balaban J connectivity index is 1.92. The van der Waals surface area contributed by atoms with Crippen LogP contribution in [0, 0.1) is 6.92 Å². The quantitative estimate of drug-likeness (QED) is 0.717. The third-order valence-electron chi connectivity index (χ3n) is 3.07. The number of hydrogen-bond acceptors (Lipinski definition) is 5. The summed E-state index contributed by atoms with van der Waals surface area (Å²) in [5, 5.41) is 8.61. The first kappa shape index (κ1) is 11.9. The second kappa shape index (κ2) is 4.85. The molecule has 0 amide bonds. The molecule has 2 heterocycles. The van der Waals surface area contributed by atoms with Crippen molar-refractivity contribution in [2.45, 2.75) is 13.5 Å². The normalized spacial score (nSPS) is 10.8. The Kier molecular flexibility index (Phi) is 3.05. The average molecular weight is 270 g/mol. The van der Waals surface area contributed by atoms with Gasteiger partial charge < -0.3 is 11.1 Å². The van der Waals surface area contributed by atoms with Crippen LogP contribution in [0.2, 0.25) is 0 Å². The molecule has 19 heavy (non-hydrogen) atoms. The number of benzene rings is 1. The van der Waals surface area contributed by atoms with E-state index in [2.05, 4.69) is 33.0 Å². The largest absolute Gasteiger partial charge is 0.399 e. The van der Waals surface area contributed by atoms with E-state index in [0.29, 0.717) is 0 Å². The first-order valence-corrected chi connectivity index (χ1v) is 6.94. The molecule has 0 radical (unpaired) electrons. The van der Waals surface area contributed by atoms with Gasteiger partial charge in [0.2, 0.25) is 0 Å². The number of anilines is 2. The lowest BCUT2D eigenvalue weighted by molar-refractivity contribution is 1.10. The predicted molar refractivity (Wildman–Crippen MR) is 80.3 cm³/mol. The minimum atomic E-state index is 0.720. The predicted octanol–water partition coefficient (Wildman–Crippen LogP) is 3.19. The first-order valence-electron chi connectivity index (χ1n) is 6.00. The highest BCUT2D eigenvalue weighted by molar-refractivity contribution is 7.08. The number of nitrogens with one attached hydrogen (secondary N) is 1. The molecule has 0 saturated carbocycles. The monoisotopic (exact) mass is 270 g/mol. The van der Waals surface area contributed by atoms with E-state index in [1.807, 2.05) is 18.2 Å². The zero-order chi connectivity index (χ0) is 13.2. The number of fused-ring (bicyclic) bond motifs is 1. The molecular formula is C14H14N4S. The molecule has 4 nitrogen and oxygen atoms in total. The van der Waals surface area contributed by atoms with Crippen LogP contribution in [0.3, 0.4) is 0 Å². The number of nitrogen functional groups attached to an aromatic ring is 1. The Morgan fingerprint density at radius 1 is 1.26 bits per heavy atom. The third-order valence-corrected chi connectivity index (χ3v) is 3.98. The van der Waals surface area contributed by atoms with E-state index in [9.17, 15) is 0 Å². The van der Waals surface area contributed by atoms with Crippen molar-refractivity contribution >= 4 is 33.7 Å². The molecule has 1 aromatic carbocycles. The molecule has 2 aromatic heterocycles. The Hall–Kier alpha value is -2.14. The smallest absolute Gasteiger partial charge is 0.137 e. The third kappa shape index (κ3) is 2.37. The van der Waals surface area contributed by atoms with Crippen LogP contribution in [0.15, 0.2) is 35.3 Å². The fourth-order valence-corrected chi connectivity index (χ4v) is 2.82. The van der Waals surface area contributed by atoms with Crippen LogP contribution in [0.1, 0.15) is 11.1 Å². The molecular weight excluding hydrogens is 256 g/mol. The molecule has 0 aliphatic heterocycles. The second-order valence-corrected chi connectivity index (χ2v) is 5.18. The number of nitrogens with zero attached hydrogens (tertiary/aromatic N) is 2. The number of thiophene rings is 1. The maximum absolute atomic E-state index is 5.83. The van der Waals surface area contributed by atoms with Crippen molar-refractivity contribution in [2.24, 2.45) is 0 Å². The fraction of sp³-hybridized carbons (Fsp3) is 0.143. The summed E-state index contributed by atoms with van der Waals surface area (Å²) in [6, 6.07) is 5.66. The zero-order valence-electron chi connectivity index (χ0n) is 10.6. The molecule has 0 spiro atoms. The van der Waals surface area contributed by atoms with Crippen molar-refractivity contribution in [1.29, 1.82) is 0 Å². The van der Waals surface area contributed by atoms with Gasteiger partial charge in [0, 0.05) is 17.6 Å². The van der Waals surface area contributed by atoms with E-state index in [-0.39, 0.29) is 0 Å². The van der Waals surface area contributed by atoms with Crippen molar-refractivity contribution < 1.29 is 0 Å². The Bertz CT molecular complexity index is 720. The van der Waals surface area contributed by atoms with Gasteiger partial charge in [-0.2, -0.15) is 11.3 Å². The van der Waals surface area contributed by atoms with Crippen LogP contribution in [-0.2, 0) is 6.54 Å². The van der Waals surface area contributed by atoms with Gasteiger partial charge in [-0.15, -0.1) is 0 Å². The van der Waals surface area contributed by atoms with Gasteiger partial charge in [-0.25, -0.2) is 9.97 Å². The molecule has 0 aliphatic carbocycles. The highest BCUT2D eigenvalue weighted by atomic mass is 32.1. The van der Waals surface area contributed by atoms with E-state index in [1.54, 1.807) is 17.7 Å². The Labute approximate surface area is 115 Å². The summed E-state index contributed by atoms with van der Waals surface area (Å²) in [7, 11) is 0. The van der Waals surface area contributed by atoms with E-state index in [0.717, 1.165) is 29.0 Å². The van der Waals surface area contributed by atoms with E-state index in [1.165, 1.54) is 11.1 Å². The van der Waals surface area contributed by atoms with E-state index < -0.39 is 0 Å². The minimum absolute atomic E-state index is 0.720. The molecule has 0 bridgehead atoms. The number of aryl methyl sites for hydroxylation is 1. The van der Waals surface area contributed by atoms with Crippen LogP contribution in [0.25, 0.3) is 10.9 Å². The summed E-state index contributed by atoms with van der Waals surface area (Å²) in [6.45, 7) is 2.87. The van der Waals surface area contributed by atoms with Gasteiger partial charge in [-0.1, -0.05) is 0 Å². The van der Waals surface area contributed by atoms with Crippen LogP contribution >= 0.6 is 11.3 Å². The van der Waals surface area contributed by atoms with Gasteiger partial charge in [-0.05, 0) is 47.0 Å².